The standard InChI is InChI=1S/C17H21N3O3/c1-20(2)16-12-13(8-9-18-16)17(21)19-10-11-23-15-6-4-14(22-3)5-7-15/h4-9,12H,10-11H2,1-3H3,(H,19,21). The van der Waals surface area contributed by atoms with Crippen LogP contribution >= 0.6 is 0 Å². The summed E-state index contributed by atoms with van der Waals surface area (Å²) in [5.41, 5.74) is 0.577. The third-order valence-corrected chi connectivity index (χ3v) is 3.18. The molecule has 1 aromatic carbocycles. The first-order valence-corrected chi connectivity index (χ1v) is 7.28. The maximum atomic E-state index is 12.1. The van der Waals surface area contributed by atoms with E-state index in [1.807, 2.05) is 43.3 Å². The summed E-state index contributed by atoms with van der Waals surface area (Å²) in [6.07, 6.45) is 1.62. The van der Waals surface area contributed by atoms with Crippen molar-refractivity contribution >= 4 is 11.7 Å². The fraction of sp³-hybridized carbons (Fsp3) is 0.294. The van der Waals surface area contributed by atoms with Crippen molar-refractivity contribution in [3.8, 4) is 11.5 Å². The molecule has 0 radical (unpaired) electrons. The van der Waals surface area contributed by atoms with Gasteiger partial charge >= 0.3 is 0 Å². The van der Waals surface area contributed by atoms with E-state index in [0.717, 1.165) is 17.3 Å². The molecule has 122 valence electrons. The van der Waals surface area contributed by atoms with Gasteiger partial charge in [0.15, 0.2) is 0 Å². The van der Waals surface area contributed by atoms with Crippen molar-refractivity contribution in [3.05, 3.63) is 48.2 Å². The van der Waals surface area contributed by atoms with E-state index in [0.29, 0.717) is 18.7 Å². The lowest BCUT2D eigenvalue weighted by molar-refractivity contribution is 0.0947. The van der Waals surface area contributed by atoms with E-state index < -0.39 is 0 Å². The van der Waals surface area contributed by atoms with Crippen LogP contribution in [0.4, 0.5) is 5.82 Å². The molecule has 6 heteroatoms. The topological polar surface area (TPSA) is 63.7 Å². The molecular weight excluding hydrogens is 294 g/mol. The van der Waals surface area contributed by atoms with Gasteiger partial charge in [0.05, 0.1) is 13.7 Å². The smallest absolute Gasteiger partial charge is 0.251 e. The largest absolute Gasteiger partial charge is 0.497 e. The molecule has 2 rings (SSSR count). The Balaban J connectivity index is 1.79. The summed E-state index contributed by atoms with van der Waals surface area (Å²) in [5, 5.41) is 2.82. The molecule has 0 aliphatic carbocycles. The van der Waals surface area contributed by atoms with Crippen molar-refractivity contribution in [2.45, 2.75) is 0 Å². The molecule has 23 heavy (non-hydrogen) atoms. The van der Waals surface area contributed by atoms with Gasteiger partial charge in [0, 0.05) is 25.9 Å². The van der Waals surface area contributed by atoms with Gasteiger partial charge in [0.2, 0.25) is 0 Å². The third kappa shape index (κ3) is 4.88. The van der Waals surface area contributed by atoms with Crippen LogP contribution in [0, 0.1) is 0 Å². The van der Waals surface area contributed by atoms with Gasteiger partial charge < -0.3 is 19.7 Å². The highest BCUT2D eigenvalue weighted by molar-refractivity contribution is 5.94. The number of pyridine rings is 1. The molecule has 1 heterocycles. The lowest BCUT2D eigenvalue weighted by atomic mass is 10.2. The number of nitrogens with zero attached hydrogens (tertiary/aromatic N) is 2. The van der Waals surface area contributed by atoms with Gasteiger partial charge in [0.1, 0.15) is 23.9 Å². The maximum absolute atomic E-state index is 12.1. The van der Waals surface area contributed by atoms with Crippen LogP contribution in [0.25, 0.3) is 0 Å². The van der Waals surface area contributed by atoms with Crippen molar-refractivity contribution < 1.29 is 14.3 Å². The Morgan fingerprint density at radius 3 is 2.52 bits per heavy atom. The number of carbonyl (C=O) groups is 1. The van der Waals surface area contributed by atoms with E-state index in [-0.39, 0.29) is 5.91 Å². The molecule has 0 aliphatic heterocycles. The van der Waals surface area contributed by atoms with Crippen LogP contribution in [0.1, 0.15) is 10.4 Å². The van der Waals surface area contributed by atoms with E-state index in [1.165, 1.54) is 0 Å². The van der Waals surface area contributed by atoms with Gasteiger partial charge in [0.25, 0.3) is 5.91 Å². The van der Waals surface area contributed by atoms with E-state index >= 15 is 0 Å². The number of amides is 1. The number of hydrogen-bond donors (Lipinski definition) is 1. The number of anilines is 1. The number of rotatable bonds is 7. The molecular formula is C17H21N3O3. The Kier molecular flexibility index (Phi) is 5.80. The number of ether oxygens (including phenoxy) is 2. The molecule has 6 nitrogen and oxygen atoms in total. The average Bonchev–Trinajstić information content (AvgIpc) is 2.59. The first-order chi connectivity index (χ1) is 11.1. The normalized spacial score (nSPS) is 10.0. The Hall–Kier alpha value is -2.76. The fourth-order valence-corrected chi connectivity index (χ4v) is 1.91. The SMILES string of the molecule is COc1ccc(OCCNC(=O)c2ccnc(N(C)C)c2)cc1. The first kappa shape index (κ1) is 16.6. The summed E-state index contributed by atoms with van der Waals surface area (Å²) in [6, 6.07) is 10.7. The second-order valence-electron chi connectivity index (χ2n) is 5.08. The minimum Gasteiger partial charge on any atom is -0.497 e. The van der Waals surface area contributed by atoms with Gasteiger partial charge in [-0.25, -0.2) is 4.98 Å². The maximum Gasteiger partial charge on any atom is 0.251 e. The van der Waals surface area contributed by atoms with Crippen LogP contribution in [0.15, 0.2) is 42.6 Å². The summed E-state index contributed by atoms with van der Waals surface area (Å²) in [6.45, 7) is 0.814. The Morgan fingerprint density at radius 1 is 1.17 bits per heavy atom. The van der Waals surface area contributed by atoms with Crippen molar-refractivity contribution in [1.29, 1.82) is 0 Å². The van der Waals surface area contributed by atoms with Gasteiger partial charge in [-0.3, -0.25) is 4.79 Å². The van der Waals surface area contributed by atoms with Crippen molar-refractivity contribution in [2.24, 2.45) is 0 Å². The number of nitrogens with one attached hydrogen (secondary N) is 1. The molecule has 2 aromatic rings. The summed E-state index contributed by atoms with van der Waals surface area (Å²) in [4.78, 5) is 18.1. The second-order valence-corrected chi connectivity index (χ2v) is 5.08. The molecule has 0 saturated carbocycles. The lowest BCUT2D eigenvalue weighted by Gasteiger charge is -2.12. The van der Waals surface area contributed by atoms with Crippen LogP contribution in [-0.2, 0) is 0 Å². The highest BCUT2D eigenvalue weighted by atomic mass is 16.5. The second kappa shape index (κ2) is 8.03. The summed E-state index contributed by atoms with van der Waals surface area (Å²) in [5.74, 6) is 2.11. The van der Waals surface area contributed by atoms with Gasteiger partial charge in [-0.15, -0.1) is 0 Å². The number of hydrogen-bond acceptors (Lipinski definition) is 5. The molecule has 0 unspecified atom stereocenters. The molecule has 0 atom stereocenters. The molecule has 1 amide bonds. The molecule has 0 saturated heterocycles. The van der Waals surface area contributed by atoms with Gasteiger partial charge in [-0.05, 0) is 36.4 Å². The van der Waals surface area contributed by atoms with Crippen LogP contribution in [0.5, 0.6) is 11.5 Å². The van der Waals surface area contributed by atoms with Crippen molar-refractivity contribution in [1.82, 2.24) is 10.3 Å². The number of aromatic nitrogens is 1. The predicted octanol–water partition coefficient (Wildman–Crippen LogP) is 1.96. The highest BCUT2D eigenvalue weighted by Gasteiger charge is 2.07. The molecule has 0 fully saturated rings. The number of benzene rings is 1. The quantitative estimate of drug-likeness (QED) is 0.791. The van der Waals surface area contributed by atoms with Crippen molar-refractivity contribution in [2.75, 3.05) is 39.3 Å². The molecule has 1 N–H and O–H groups in total. The number of methoxy groups -OCH3 is 1. The molecule has 1 aromatic heterocycles. The van der Waals surface area contributed by atoms with Crippen LogP contribution in [0.2, 0.25) is 0 Å². The number of carbonyl (C=O) groups excluding carboxylic acids is 1. The fourth-order valence-electron chi connectivity index (χ4n) is 1.91. The highest BCUT2D eigenvalue weighted by Crippen LogP contribution is 2.16. The summed E-state index contributed by atoms with van der Waals surface area (Å²) >= 11 is 0. The van der Waals surface area contributed by atoms with Crippen LogP contribution < -0.4 is 19.7 Å². The van der Waals surface area contributed by atoms with E-state index in [1.54, 1.807) is 25.4 Å². The first-order valence-electron chi connectivity index (χ1n) is 7.28. The summed E-state index contributed by atoms with van der Waals surface area (Å²) in [7, 11) is 5.38. The van der Waals surface area contributed by atoms with E-state index in [9.17, 15) is 4.79 Å². The monoisotopic (exact) mass is 315 g/mol. The van der Waals surface area contributed by atoms with Crippen molar-refractivity contribution in [3.63, 3.8) is 0 Å². The van der Waals surface area contributed by atoms with E-state index in [4.69, 9.17) is 9.47 Å². The van der Waals surface area contributed by atoms with Gasteiger partial charge in [-0.1, -0.05) is 0 Å². The Bertz CT molecular complexity index is 642. The molecule has 0 spiro atoms. The minimum atomic E-state index is -0.145. The predicted molar refractivity (Wildman–Crippen MR) is 89.4 cm³/mol. The molecule has 0 aliphatic rings. The van der Waals surface area contributed by atoms with E-state index in [2.05, 4.69) is 10.3 Å². The average molecular weight is 315 g/mol. The Labute approximate surface area is 136 Å². The zero-order valence-corrected chi connectivity index (χ0v) is 13.6. The van der Waals surface area contributed by atoms with Crippen LogP contribution in [-0.4, -0.2) is 45.2 Å². The van der Waals surface area contributed by atoms with Gasteiger partial charge in [-0.2, -0.15) is 0 Å². The summed E-state index contributed by atoms with van der Waals surface area (Å²) < 4.78 is 10.6. The van der Waals surface area contributed by atoms with Crippen LogP contribution in [0.3, 0.4) is 0 Å². The zero-order valence-electron chi connectivity index (χ0n) is 13.6. The third-order valence-electron chi connectivity index (χ3n) is 3.18. The molecule has 0 bridgehead atoms. The zero-order chi connectivity index (χ0) is 16.7. The minimum absolute atomic E-state index is 0.145. The Morgan fingerprint density at radius 2 is 1.87 bits per heavy atom. The lowest BCUT2D eigenvalue weighted by Crippen LogP contribution is -2.28.